The van der Waals surface area contributed by atoms with E-state index in [4.69, 9.17) is 4.98 Å². The summed E-state index contributed by atoms with van der Waals surface area (Å²) in [7, 11) is 0. The highest BCUT2D eigenvalue weighted by Crippen LogP contribution is 2.21. The van der Waals surface area contributed by atoms with Gasteiger partial charge in [0.25, 0.3) is 0 Å². The molecule has 1 saturated heterocycles. The Kier molecular flexibility index (Phi) is 7.30. The summed E-state index contributed by atoms with van der Waals surface area (Å²) < 4.78 is 2.25. The second-order valence-electron chi connectivity index (χ2n) is 7.94. The monoisotopic (exact) mass is 430 g/mol. The summed E-state index contributed by atoms with van der Waals surface area (Å²) in [5.74, 6) is 0.955. The van der Waals surface area contributed by atoms with Crippen LogP contribution in [0.5, 0.6) is 0 Å². The number of carbonyl (C=O) groups is 1. The lowest BCUT2D eigenvalue weighted by Crippen LogP contribution is -2.44. The van der Waals surface area contributed by atoms with Crippen molar-refractivity contribution in [2.24, 2.45) is 5.10 Å². The first-order valence-corrected chi connectivity index (χ1v) is 11.1. The Morgan fingerprint density at radius 1 is 1.03 bits per heavy atom. The van der Waals surface area contributed by atoms with E-state index in [0.717, 1.165) is 62.9 Å². The van der Waals surface area contributed by atoms with E-state index in [1.165, 1.54) is 16.1 Å². The van der Waals surface area contributed by atoms with Gasteiger partial charge in [-0.3, -0.25) is 4.79 Å². The number of carbonyl (C=O) groups excluding carboxylic acids is 1. The molecule has 1 aliphatic rings. The fraction of sp³-hybridized carbons (Fsp3) is 0.320. The van der Waals surface area contributed by atoms with E-state index in [2.05, 4.69) is 63.2 Å². The molecule has 1 fully saturated rings. The van der Waals surface area contributed by atoms with E-state index in [1.54, 1.807) is 6.21 Å². The van der Waals surface area contributed by atoms with Gasteiger partial charge in [-0.25, -0.2) is 9.99 Å². The molecular weight excluding hydrogens is 400 g/mol. The minimum atomic E-state index is 0.526. The van der Waals surface area contributed by atoms with Crippen LogP contribution in [0.2, 0.25) is 0 Å². The Labute approximate surface area is 189 Å². The molecule has 32 heavy (non-hydrogen) atoms. The minimum Gasteiger partial charge on any atom is -0.340 e. The second-order valence-corrected chi connectivity index (χ2v) is 7.94. The van der Waals surface area contributed by atoms with E-state index < -0.39 is 0 Å². The molecule has 1 N–H and O–H groups in total. The number of hydrogen-bond donors (Lipinski definition) is 1. The molecule has 1 aliphatic heterocycles. The molecule has 7 heteroatoms. The quantitative estimate of drug-likeness (QED) is 0.322. The topological polar surface area (TPSA) is 65.8 Å². The molecule has 3 aromatic rings. The number of nitrogens with zero attached hydrogens (tertiary/aromatic N) is 5. The lowest BCUT2D eigenvalue weighted by Gasteiger charge is -2.29. The zero-order chi connectivity index (χ0) is 22.2. The van der Waals surface area contributed by atoms with E-state index in [0.29, 0.717) is 6.54 Å². The van der Waals surface area contributed by atoms with Gasteiger partial charge in [0, 0.05) is 38.4 Å². The van der Waals surface area contributed by atoms with Gasteiger partial charge < -0.3 is 14.8 Å². The van der Waals surface area contributed by atoms with Crippen molar-refractivity contribution in [3.63, 3.8) is 0 Å². The third-order valence-electron chi connectivity index (χ3n) is 5.74. The van der Waals surface area contributed by atoms with Crippen molar-refractivity contribution in [3.8, 4) is 0 Å². The van der Waals surface area contributed by atoms with Gasteiger partial charge in [0.05, 0.1) is 12.8 Å². The third kappa shape index (κ3) is 5.42. The lowest BCUT2D eigenvalue weighted by atomic mass is 10.1. The molecule has 0 bridgehead atoms. The first kappa shape index (κ1) is 21.8. The Morgan fingerprint density at radius 2 is 1.69 bits per heavy atom. The van der Waals surface area contributed by atoms with Crippen LogP contribution < -0.4 is 10.2 Å². The van der Waals surface area contributed by atoms with Crippen LogP contribution in [0.3, 0.4) is 0 Å². The molecule has 166 valence electrons. The summed E-state index contributed by atoms with van der Waals surface area (Å²) in [6.45, 7) is 7.06. The number of nitrogens with one attached hydrogen (secondary N) is 1. The highest BCUT2D eigenvalue weighted by molar-refractivity contribution is 5.80. The lowest BCUT2D eigenvalue weighted by molar-refractivity contribution is -0.118. The summed E-state index contributed by atoms with van der Waals surface area (Å²) >= 11 is 0. The fourth-order valence-electron chi connectivity index (χ4n) is 3.88. The smallest absolute Gasteiger partial charge is 0.229 e. The highest BCUT2D eigenvalue weighted by atomic mass is 16.1. The molecule has 2 aromatic carbocycles. The Hall–Kier alpha value is -3.45. The minimum absolute atomic E-state index is 0.526. The van der Waals surface area contributed by atoms with Crippen LogP contribution in [0, 0.1) is 6.92 Å². The Morgan fingerprint density at radius 3 is 2.34 bits per heavy atom. The van der Waals surface area contributed by atoms with Crippen LogP contribution in [0.15, 0.2) is 65.8 Å². The molecular formula is C25H30N6O. The third-order valence-corrected chi connectivity index (χ3v) is 5.74. The molecule has 0 unspecified atom stereocenters. The van der Waals surface area contributed by atoms with Gasteiger partial charge in [0.1, 0.15) is 5.69 Å². The molecule has 0 atom stereocenters. The van der Waals surface area contributed by atoms with Crippen LogP contribution in [0.25, 0.3) is 0 Å². The van der Waals surface area contributed by atoms with E-state index in [-0.39, 0.29) is 0 Å². The zero-order valence-corrected chi connectivity index (χ0v) is 18.5. The standard InChI is InChI=1S/C25H30N6O/c1-21-24(18-27-30(20-32)15-12-22-8-4-2-5-9-22)28-25(29-16-13-26-14-17-29)31(21)19-23-10-6-3-7-11-23/h2-11,18,20,26H,12-17,19H2,1H3/b27-18-. The normalized spacial score (nSPS) is 14.1. The van der Waals surface area contributed by atoms with Crippen molar-refractivity contribution in [1.82, 2.24) is 19.9 Å². The molecule has 0 aliphatic carbocycles. The van der Waals surface area contributed by atoms with Crippen molar-refractivity contribution in [2.75, 3.05) is 37.6 Å². The van der Waals surface area contributed by atoms with Crippen LogP contribution >= 0.6 is 0 Å². The molecule has 0 radical (unpaired) electrons. The van der Waals surface area contributed by atoms with Crippen molar-refractivity contribution in [3.05, 3.63) is 83.2 Å². The summed E-state index contributed by atoms with van der Waals surface area (Å²) in [6.07, 6.45) is 3.24. The molecule has 0 spiro atoms. The zero-order valence-electron chi connectivity index (χ0n) is 18.5. The largest absolute Gasteiger partial charge is 0.340 e. The van der Waals surface area contributed by atoms with Gasteiger partial charge in [0.2, 0.25) is 12.4 Å². The van der Waals surface area contributed by atoms with E-state index in [9.17, 15) is 4.79 Å². The SMILES string of the molecule is Cc1c(/C=N\N(C=O)CCc2ccccc2)nc(N2CCNCC2)n1Cc1ccccc1. The van der Waals surface area contributed by atoms with Crippen molar-refractivity contribution in [1.29, 1.82) is 0 Å². The van der Waals surface area contributed by atoms with E-state index >= 15 is 0 Å². The Bertz CT molecular complexity index is 1030. The molecule has 0 saturated carbocycles. The number of rotatable bonds is 9. The highest BCUT2D eigenvalue weighted by Gasteiger charge is 2.20. The first-order chi connectivity index (χ1) is 15.7. The number of hydrogen-bond acceptors (Lipinski definition) is 5. The van der Waals surface area contributed by atoms with Crippen LogP contribution in [0.1, 0.15) is 22.5 Å². The summed E-state index contributed by atoms with van der Waals surface area (Å²) in [5.41, 5.74) is 4.24. The predicted octanol–water partition coefficient (Wildman–Crippen LogP) is 2.68. The maximum atomic E-state index is 11.6. The number of aromatic nitrogens is 2. The number of hydrazone groups is 1. The molecule has 1 aromatic heterocycles. The molecule has 4 rings (SSSR count). The van der Waals surface area contributed by atoms with Gasteiger partial charge in [-0.2, -0.15) is 5.10 Å². The average molecular weight is 431 g/mol. The maximum absolute atomic E-state index is 11.6. The second kappa shape index (κ2) is 10.7. The average Bonchev–Trinajstić information content (AvgIpc) is 3.16. The number of benzene rings is 2. The van der Waals surface area contributed by atoms with Crippen molar-refractivity contribution in [2.45, 2.75) is 19.9 Å². The predicted molar refractivity (Wildman–Crippen MR) is 128 cm³/mol. The van der Waals surface area contributed by atoms with Gasteiger partial charge in [-0.05, 0) is 24.5 Å². The van der Waals surface area contributed by atoms with Gasteiger partial charge >= 0.3 is 0 Å². The number of amides is 1. The van der Waals surface area contributed by atoms with Crippen molar-refractivity contribution < 1.29 is 4.79 Å². The summed E-state index contributed by atoms with van der Waals surface area (Å²) in [4.78, 5) is 18.8. The molecule has 2 heterocycles. The first-order valence-electron chi connectivity index (χ1n) is 11.1. The van der Waals surface area contributed by atoms with Crippen LogP contribution in [0.4, 0.5) is 5.95 Å². The Balaban J connectivity index is 1.55. The van der Waals surface area contributed by atoms with Gasteiger partial charge in [-0.15, -0.1) is 0 Å². The van der Waals surface area contributed by atoms with Gasteiger partial charge in [-0.1, -0.05) is 60.7 Å². The fourth-order valence-corrected chi connectivity index (χ4v) is 3.88. The van der Waals surface area contributed by atoms with Crippen molar-refractivity contribution >= 4 is 18.6 Å². The molecule has 1 amide bonds. The van der Waals surface area contributed by atoms with Crippen LogP contribution in [-0.2, 0) is 17.8 Å². The summed E-state index contributed by atoms with van der Waals surface area (Å²) in [6, 6.07) is 20.5. The number of imidazole rings is 1. The number of anilines is 1. The maximum Gasteiger partial charge on any atom is 0.229 e. The van der Waals surface area contributed by atoms with Gasteiger partial charge in [0.15, 0.2) is 0 Å². The number of piperazine rings is 1. The summed E-state index contributed by atoms with van der Waals surface area (Å²) in [5, 5.41) is 9.27. The van der Waals surface area contributed by atoms with E-state index in [1.807, 2.05) is 24.3 Å². The van der Waals surface area contributed by atoms with Crippen LogP contribution in [-0.4, -0.2) is 59.9 Å². The molecule has 7 nitrogen and oxygen atoms in total.